The minimum Gasteiger partial charge on any atom is -0.376 e. The highest BCUT2D eigenvalue weighted by Gasteiger charge is 2.30. The lowest BCUT2D eigenvalue weighted by Gasteiger charge is -2.14. The largest absolute Gasteiger partial charge is 0.376 e. The third-order valence-electron chi connectivity index (χ3n) is 6.17. The normalized spacial score (nSPS) is 18.6. The predicted octanol–water partition coefficient (Wildman–Crippen LogP) is 4.72. The fourth-order valence-electron chi connectivity index (χ4n) is 4.29. The number of ketones is 1. The Morgan fingerprint density at radius 1 is 1.19 bits per heavy atom. The van der Waals surface area contributed by atoms with Gasteiger partial charge < -0.3 is 9.30 Å². The van der Waals surface area contributed by atoms with E-state index in [-0.39, 0.29) is 11.9 Å². The Bertz CT molecular complexity index is 1080. The van der Waals surface area contributed by atoms with Crippen molar-refractivity contribution in [1.29, 1.82) is 0 Å². The molecule has 0 N–H and O–H groups in total. The Balaban J connectivity index is 1.30. The summed E-state index contributed by atoms with van der Waals surface area (Å²) in [5, 5.41) is 5.39. The summed E-state index contributed by atoms with van der Waals surface area (Å²) in [5.74, 6) is 1.96. The number of thioether (sulfide) groups is 1. The molecule has 6 nitrogen and oxygen atoms in total. The van der Waals surface area contributed by atoms with Gasteiger partial charge in [0.05, 0.1) is 17.5 Å². The van der Waals surface area contributed by atoms with Crippen molar-refractivity contribution < 1.29 is 9.53 Å². The molecule has 2 aromatic heterocycles. The van der Waals surface area contributed by atoms with Crippen LogP contribution >= 0.6 is 11.8 Å². The number of para-hydroxylation sites is 1. The zero-order valence-corrected chi connectivity index (χ0v) is 18.9. The summed E-state index contributed by atoms with van der Waals surface area (Å²) < 4.78 is 9.95. The second kappa shape index (κ2) is 8.63. The van der Waals surface area contributed by atoms with E-state index in [1.165, 1.54) is 11.8 Å². The minimum atomic E-state index is 0.126. The van der Waals surface area contributed by atoms with Gasteiger partial charge in [0.25, 0.3) is 0 Å². The van der Waals surface area contributed by atoms with Crippen LogP contribution in [0.3, 0.4) is 0 Å². The Hall–Kier alpha value is -2.38. The van der Waals surface area contributed by atoms with Gasteiger partial charge in [-0.2, -0.15) is 0 Å². The summed E-state index contributed by atoms with van der Waals surface area (Å²) in [6.45, 7) is 5.77. The topological polar surface area (TPSA) is 61.9 Å². The molecular weight excluding hydrogens is 408 g/mol. The monoisotopic (exact) mass is 436 g/mol. The molecule has 1 aliphatic heterocycles. The summed E-state index contributed by atoms with van der Waals surface area (Å²) in [5.41, 5.74) is 3.96. The van der Waals surface area contributed by atoms with E-state index in [4.69, 9.17) is 14.8 Å². The predicted molar refractivity (Wildman–Crippen MR) is 121 cm³/mol. The third-order valence-corrected chi connectivity index (χ3v) is 7.01. The van der Waals surface area contributed by atoms with Gasteiger partial charge in [0.1, 0.15) is 5.82 Å². The fraction of sp³-hybridized carbons (Fsp3) is 0.458. The average molecular weight is 437 g/mol. The SMILES string of the molecule is Cc1cc(C(=O)CSc2nc(C3CC3)n(-c3ccccc3)n2)c(C)n1C[C@@H]1CCCO1. The quantitative estimate of drug-likeness (QED) is 0.378. The first kappa shape index (κ1) is 20.5. The van der Waals surface area contributed by atoms with E-state index < -0.39 is 0 Å². The first-order valence-corrected chi connectivity index (χ1v) is 12.1. The maximum Gasteiger partial charge on any atom is 0.209 e. The van der Waals surface area contributed by atoms with E-state index >= 15 is 0 Å². The van der Waals surface area contributed by atoms with Crippen LogP contribution in [0.25, 0.3) is 5.69 Å². The van der Waals surface area contributed by atoms with Crippen LogP contribution in [0, 0.1) is 13.8 Å². The van der Waals surface area contributed by atoms with Crippen molar-refractivity contribution in [2.24, 2.45) is 0 Å². The third kappa shape index (κ3) is 4.34. The Kier molecular flexibility index (Phi) is 5.71. The van der Waals surface area contributed by atoms with Crippen molar-refractivity contribution in [2.45, 2.75) is 63.3 Å². The van der Waals surface area contributed by atoms with Crippen molar-refractivity contribution in [3.05, 3.63) is 59.2 Å². The number of carbonyl (C=O) groups is 1. The molecule has 3 heterocycles. The van der Waals surface area contributed by atoms with Gasteiger partial charge in [0, 0.05) is 36.0 Å². The van der Waals surface area contributed by atoms with Crippen LogP contribution in [0.15, 0.2) is 41.6 Å². The van der Waals surface area contributed by atoms with Crippen molar-refractivity contribution >= 4 is 17.5 Å². The number of hydrogen-bond donors (Lipinski definition) is 0. The second-order valence-corrected chi connectivity index (χ2v) is 9.46. The number of benzene rings is 1. The van der Waals surface area contributed by atoms with E-state index in [2.05, 4.69) is 11.5 Å². The molecule has 1 atom stereocenters. The summed E-state index contributed by atoms with van der Waals surface area (Å²) >= 11 is 1.43. The second-order valence-electron chi connectivity index (χ2n) is 8.52. The summed E-state index contributed by atoms with van der Waals surface area (Å²) in [4.78, 5) is 17.8. The molecule has 2 aliphatic rings. The molecule has 1 aliphatic carbocycles. The first-order chi connectivity index (χ1) is 15.1. The van der Waals surface area contributed by atoms with Crippen LogP contribution in [-0.2, 0) is 11.3 Å². The van der Waals surface area contributed by atoms with Gasteiger partial charge >= 0.3 is 0 Å². The Morgan fingerprint density at radius 3 is 2.71 bits per heavy atom. The number of ether oxygens (including phenoxy) is 1. The minimum absolute atomic E-state index is 0.126. The highest BCUT2D eigenvalue weighted by Crippen LogP contribution is 2.40. The van der Waals surface area contributed by atoms with E-state index in [1.54, 1.807) is 0 Å². The smallest absolute Gasteiger partial charge is 0.209 e. The van der Waals surface area contributed by atoms with Crippen LogP contribution < -0.4 is 0 Å². The first-order valence-electron chi connectivity index (χ1n) is 11.1. The lowest BCUT2D eigenvalue weighted by Crippen LogP contribution is -2.17. The van der Waals surface area contributed by atoms with Crippen LogP contribution in [-0.4, -0.2) is 43.6 Å². The number of Topliss-reactive ketones (excluding diaryl/α,β-unsaturated/α-hetero) is 1. The summed E-state index contributed by atoms with van der Waals surface area (Å²) in [7, 11) is 0. The van der Waals surface area contributed by atoms with E-state index in [0.29, 0.717) is 16.8 Å². The molecule has 162 valence electrons. The van der Waals surface area contributed by atoms with Gasteiger partial charge in [-0.3, -0.25) is 4.79 Å². The number of carbonyl (C=O) groups excluding carboxylic acids is 1. The van der Waals surface area contributed by atoms with Gasteiger partial charge in [-0.05, 0) is 57.7 Å². The Labute approximate surface area is 187 Å². The summed E-state index contributed by atoms with van der Waals surface area (Å²) in [6, 6.07) is 12.1. The van der Waals surface area contributed by atoms with Crippen LogP contribution in [0.4, 0.5) is 0 Å². The van der Waals surface area contributed by atoms with Crippen molar-refractivity contribution in [3.8, 4) is 5.69 Å². The molecule has 1 saturated carbocycles. The summed E-state index contributed by atoms with van der Waals surface area (Å²) in [6.07, 6.45) is 4.79. The molecule has 3 aromatic rings. The zero-order valence-electron chi connectivity index (χ0n) is 18.1. The molecule has 2 fully saturated rings. The lowest BCUT2D eigenvalue weighted by atomic mass is 10.2. The highest BCUT2D eigenvalue weighted by molar-refractivity contribution is 7.99. The number of hydrogen-bond acceptors (Lipinski definition) is 5. The average Bonchev–Trinajstić information content (AvgIpc) is 3.21. The molecule has 0 amide bonds. The molecule has 5 rings (SSSR count). The number of aromatic nitrogens is 4. The Morgan fingerprint density at radius 2 is 2.00 bits per heavy atom. The lowest BCUT2D eigenvalue weighted by molar-refractivity contribution is 0.0957. The van der Waals surface area contributed by atoms with Gasteiger partial charge in [-0.1, -0.05) is 30.0 Å². The molecule has 7 heteroatoms. The van der Waals surface area contributed by atoms with E-state index in [1.807, 2.05) is 48.0 Å². The van der Waals surface area contributed by atoms with Crippen molar-refractivity contribution in [1.82, 2.24) is 19.3 Å². The van der Waals surface area contributed by atoms with Crippen LogP contribution in [0.2, 0.25) is 0 Å². The number of rotatable bonds is 8. The fourth-order valence-corrected chi connectivity index (χ4v) is 5.01. The molecule has 0 unspecified atom stereocenters. The van der Waals surface area contributed by atoms with Gasteiger partial charge in [0.2, 0.25) is 5.16 Å². The van der Waals surface area contributed by atoms with Gasteiger partial charge in [0.15, 0.2) is 5.78 Å². The van der Waals surface area contributed by atoms with Gasteiger partial charge in [-0.15, -0.1) is 5.10 Å². The molecule has 1 saturated heterocycles. The molecule has 31 heavy (non-hydrogen) atoms. The molecule has 0 spiro atoms. The van der Waals surface area contributed by atoms with Crippen molar-refractivity contribution in [2.75, 3.05) is 12.4 Å². The molecular formula is C24H28N4O2S. The van der Waals surface area contributed by atoms with E-state index in [9.17, 15) is 4.79 Å². The highest BCUT2D eigenvalue weighted by atomic mass is 32.2. The molecule has 0 bridgehead atoms. The zero-order chi connectivity index (χ0) is 21.4. The van der Waals surface area contributed by atoms with Crippen LogP contribution in [0.5, 0.6) is 0 Å². The maximum absolute atomic E-state index is 13.0. The van der Waals surface area contributed by atoms with Gasteiger partial charge in [-0.25, -0.2) is 9.67 Å². The molecule has 0 radical (unpaired) electrons. The van der Waals surface area contributed by atoms with E-state index in [0.717, 1.165) is 67.3 Å². The van der Waals surface area contributed by atoms with Crippen LogP contribution in [0.1, 0.15) is 59.2 Å². The number of nitrogens with zero attached hydrogens (tertiary/aromatic N) is 4. The molecule has 1 aromatic carbocycles. The number of aryl methyl sites for hydroxylation is 1. The van der Waals surface area contributed by atoms with Crippen molar-refractivity contribution in [3.63, 3.8) is 0 Å². The maximum atomic E-state index is 13.0. The standard InChI is InChI=1S/C24H28N4O2S/c1-16-13-21(17(2)27(16)14-20-9-6-12-30-20)22(29)15-31-24-25-23(18-10-11-18)28(26-24)19-7-4-3-5-8-19/h3-5,7-8,13,18,20H,6,9-12,14-15H2,1-2H3/t20-/m0/s1.